The van der Waals surface area contributed by atoms with Crippen molar-refractivity contribution in [3.63, 3.8) is 0 Å². The molecule has 4 nitrogen and oxygen atoms in total. The Bertz CT molecular complexity index is 202. The second kappa shape index (κ2) is 7.63. The van der Waals surface area contributed by atoms with E-state index in [2.05, 4.69) is 19.2 Å². The fourth-order valence-electron chi connectivity index (χ4n) is 1.27. The third-order valence-corrected chi connectivity index (χ3v) is 2.28. The molecule has 1 aliphatic carbocycles. The highest BCUT2D eigenvalue weighted by Gasteiger charge is 2.20. The third-order valence-electron chi connectivity index (χ3n) is 2.28. The molecule has 0 spiro atoms. The fourth-order valence-corrected chi connectivity index (χ4v) is 1.27. The molecule has 0 aliphatic heterocycles. The van der Waals surface area contributed by atoms with Crippen molar-refractivity contribution in [1.29, 1.82) is 0 Å². The number of rotatable bonds is 9. The fraction of sp³-hybridized carbons (Fsp3) is 0.917. The molecule has 0 atom stereocenters. The predicted molar refractivity (Wildman–Crippen MR) is 62.3 cm³/mol. The molecule has 0 heterocycles. The number of carbonyl (C=O) groups excluding carboxylic acids is 1. The van der Waals surface area contributed by atoms with Crippen molar-refractivity contribution >= 4 is 5.97 Å². The predicted octanol–water partition coefficient (Wildman–Crippen LogP) is 1.34. The normalized spacial score (nSPS) is 15.4. The van der Waals surface area contributed by atoms with Crippen LogP contribution in [-0.2, 0) is 14.3 Å². The molecule has 1 saturated carbocycles. The lowest BCUT2D eigenvalue weighted by molar-refractivity contribution is -0.145. The molecule has 0 bridgehead atoms. The Kier molecular flexibility index (Phi) is 6.42. The summed E-state index contributed by atoms with van der Waals surface area (Å²) in [7, 11) is 0. The Morgan fingerprint density at radius 3 is 2.75 bits per heavy atom. The van der Waals surface area contributed by atoms with Crippen LogP contribution in [0.3, 0.4) is 0 Å². The molecule has 0 unspecified atom stereocenters. The molecule has 1 rings (SSSR count). The van der Waals surface area contributed by atoms with Crippen LogP contribution < -0.4 is 5.32 Å². The summed E-state index contributed by atoms with van der Waals surface area (Å²) >= 11 is 0. The molecule has 1 N–H and O–H groups in total. The first-order chi connectivity index (χ1) is 7.68. The summed E-state index contributed by atoms with van der Waals surface area (Å²) in [4.78, 5) is 11.2. The van der Waals surface area contributed by atoms with E-state index in [4.69, 9.17) is 9.47 Å². The summed E-state index contributed by atoms with van der Waals surface area (Å²) < 4.78 is 10.3. The van der Waals surface area contributed by atoms with Gasteiger partial charge in [0.1, 0.15) is 6.61 Å². The lowest BCUT2D eigenvalue weighted by Crippen LogP contribution is -2.22. The Morgan fingerprint density at radius 1 is 1.38 bits per heavy atom. The summed E-state index contributed by atoms with van der Waals surface area (Å²) in [5.74, 6) is 0.389. The molecule has 0 saturated heterocycles. The van der Waals surface area contributed by atoms with Gasteiger partial charge in [-0.25, -0.2) is 0 Å². The minimum atomic E-state index is -0.138. The first-order valence-corrected chi connectivity index (χ1v) is 6.15. The first kappa shape index (κ1) is 13.5. The number of hydrogen-bond acceptors (Lipinski definition) is 4. The topological polar surface area (TPSA) is 47.6 Å². The van der Waals surface area contributed by atoms with E-state index < -0.39 is 0 Å². The van der Waals surface area contributed by atoms with Crippen molar-refractivity contribution in [2.24, 2.45) is 5.92 Å². The van der Waals surface area contributed by atoms with Crippen molar-refractivity contribution in [3.8, 4) is 0 Å². The Balaban J connectivity index is 1.81. The van der Waals surface area contributed by atoms with Gasteiger partial charge in [-0.1, -0.05) is 13.8 Å². The van der Waals surface area contributed by atoms with Crippen LogP contribution in [0, 0.1) is 5.92 Å². The van der Waals surface area contributed by atoms with E-state index in [0.29, 0.717) is 31.6 Å². The molecule has 0 aromatic heterocycles. The standard InChI is InChI=1S/C12H23NO3/c1-10(2)9-15-7-8-16-12(14)5-6-13-11-3-4-11/h10-11,13H,3-9H2,1-2H3. The smallest absolute Gasteiger partial charge is 0.307 e. The first-order valence-electron chi connectivity index (χ1n) is 6.15. The summed E-state index contributed by atoms with van der Waals surface area (Å²) in [6.45, 7) is 6.51. The Hall–Kier alpha value is -0.610. The number of nitrogens with one attached hydrogen (secondary N) is 1. The zero-order valence-electron chi connectivity index (χ0n) is 10.3. The van der Waals surface area contributed by atoms with E-state index >= 15 is 0 Å². The van der Waals surface area contributed by atoms with Gasteiger partial charge in [-0.2, -0.15) is 0 Å². The van der Waals surface area contributed by atoms with Crippen molar-refractivity contribution in [1.82, 2.24) is 5.32 Å². The van der Waals surface area contributed by atoms with Gasteiger partial charge in [-0.15, -0.1) is 0 Å². The second-order valence-corrected chi connectivity index (χ2v) is 4.67. The molecule has 0 radical (unpaired) electrons. The minimum absolute atomic E-state index is 0.138. The highest BCUT2D eigenvalue weighted by Crippen LogP contribution is 2.18. The minimum Gasteiger partial charge on any atom is -0.463 e. The molecule has 4 heteroatoms. The summed E-state index contributed by atoms with van der Waals surface area (Å²) in [5.41, 5.74) is 0. The lowest BCUT2D eigenvalue weighted by Gasteiger charge is -2.08. The molecule has 94 valence electrons. The van der Waals surface area contributed by atoms with Crippen LogP contribution in [0.5, 0.6) is 0 Å². The molecule has 0 amide bonds. The van der Waals surface area contributed by atoms with E-state index in [9.17, 15) is 4.79 Å². The maximum absolute atomic E-state index is 11.2. The van der Waals surface area contributed by atoms with Crippen LogP contribution in [0.15, 0.2) is 0 Å². The van der Waals surface area contributed by atoms with Crippen molar-refractivity contribution in [2.75, 3.05) is 26.4 Å². The van der Waals surface area contributed by atoms with Crippen LogP contribution in [0.4, 0.5) is 0 Å². The largest absolute Gasteiger partial charge is 0.463 e. The van der Waals surface area contributed by atoms with Gasteiger partial charge in [0, 0.05) is 19.2 Å². The molecular formula is C12H23NO3. The van der Waals surface area contributed by atoms with Crippen molar-refractivity contribution in [3.05, 3.63) is 0 Å². The van der Waals surface area contributed by atoms with E-state index in [1.165, 1.54) is 12.8 Å². The zero-order valence-corrected chi connectivity index (χ0v) is 10.3. The van der Waals surface area contributed by atoms with Crippen LogP contribution in [0.2, 0.25) is 0 Å². The van der Waals surface area contributed by atoms with Gasteiger partial charge in [0.25, 0.3) is 0 Å². The monoisotopic (exact) mass is 229 g/mol. The van der Waals surface area contributed by atoms with Gasteiger partial charge in [0.2, 0.25) is 0 Å². The lowest BCUT2D eigenvalue weighted by atomic mass is 10.2. The molecule has 0 aromatic carbocycles. The van der Waals surface area contributed by atoms with E-state index in [1.54, 1.807) is 0 Å². The van der Waals surface area contributed by atoms with Gasteiger partial charge in [-0.3, -0.25) is 4.79 Å². The van der Waals surface area contributed by atoms with Crippen molar-refractivity contribution in [2.45, 2.75) is 39.2 Å². The van der Waals surface area contributed by atoms with Gasteiger partial charge < -0.3 is 14.8 Å². The van der Waals surface area contributed by atoms with Crippen LogP contribution in [-0.4, -0.2) is 38.4 Å². The maximum atomic E-state index is 11.2. The van der Waals surface area contributed by atoms with E-state index in [-0.39, 0.29) is 5.97 Å². The molecule has 16 heavy (non-hydrogen) atoms. The Labute approximate surface area is 97.7 Å². The SMILES string of the molecule is CC(C)COCCOC(=O)CCNC1CC1. The summed E-state index contributed by atoms with van der Waals surface area (Å²) in [6.07, 6.45) is 2.96. The molecule has 1 aliphatic rings. The number of carbonyl (C=O) groups is 1. The zero-order chi connectivity index (χ0) is 11.8. The van der Waals surface area contributed by atoms with E-state index in [0.717, 1.165) is 13.2 Å². The quantitative estimate of drug-likeness (QED) is 0.479. The van der Waals surface area contributed by atoms with Crippen LogP contribution in [0.1, 0.15) is 33.1 Å². The van der Waals surface area contributed by atoms with Gasteiger partial charge in [0.15, 0.2) is 0 Å². The molecule has 1 fully saturated rings. The number of hydrogen-bond donors (Lipinski definition) is 1. The van der Waals surface area contributed by atoms with Gasteiger partial charge in [0.05, 0.1) is 13.0 Å². The van der Waals surface area contributed by atoms with Crippen LogP contribution >= 0.6 is 0 Å². The third kappa shape index (κ3) is 7.65. The van der Waals surface area contributed by atoms with Crippen LogP contribution in [0.25, 0.3) is 0 Å². The number of esters is 1. The van der Waals surface area contributed by atoms with Crippen molar-refractivity contribution < 1.29 is 14.3 Å². The Morgan fingerprint density at radius 2 is 2.12 bits per heavy atom. The van der Waals surface area contributed by atoms with Gasteiger partial charge >= 0.3 is 5.97 Å². The average molecular weight is 229 g/mol. The number of ether oxygens (including phenoxy) is 2. The molecular weight excluding hydrogens is 206 g/mol. The summed E-state index contributed by atoms with van der Waals surface area (Å²) in [6, 6.07) is 0.655. The van der Waals surface area contributed by atoms with Gasteiger partial charge in [-0.05, 0) is 18.8 Å². The highest BCUT2D eigenvalue weighted by atomic mass is 16.6. The maximum Gasteiger partial charge on any atom is 0.307 e. The average Bonchev–Trinajstić information content (AvgIpc) is 3.00. The highest BCUT2D eigenvalue weighted by molar-refractivity contribution is 5.69. The van der Waals surface area contributed by atoms with E-state index in [1.807, 2.05) is 0 Å². The second-order valence-electron chi connectivity index (χ2n) is 4.67. The summed E-state index contributed by atoms with van der Waals surface area (Å²) in [5, 5.41) is 3.27. The molecule has 0 aromatic rings.